The van der Waals surface area contributed by atoms with Crippen LogP contribution >= 0.6 is 0 Å². The van der Waals surface area contributed by atoms with E-state index in [4.69, 9.17) is 0 Å². The summed E-state index contributed by atoms with van der Waals surface area (Å²) in [6.07, 6.45) is 6.81. The molecule has 82 valence electrons. The largest absolute Gasteiger partial charge is 0.348 e. The van der Waals surface area contributed by atoms with Crippen LogP contribution in [0.1, 0.15) is 32.1 Å². The van der Waals surface area contributed by atoms with Gasteiger partial charge in [0.25, 0.3) is 0 Å². The zero-order valence-electron chi connectivity index (χ0n) is 9.38. The van der Waals surface area contributed by atoms with E-state index in [0.29, 0.717) is 6.54 Å². The number of hydrogen-bond acceptors (Lipinski definition) is 2. The van der Waals surface area contributed by atoms with Crippen molar-refractivity contribution in [2.45, 2.75) is 32.1 Å². The first kappa shape index (κ1) is 11.5. The maximum Gasteiger partial charge on any atom is 0.236 e. The average Bonchev–Trinajstić information content (AvgIpc) is 2.19. The lowest BCUT2D eigenvalue weighted by Gasteiger charge is -2.22. The molecule has 0 bridgehead atoms. The van der Waals surface area contributed by atoms with Gasteiger partial charge in [0.15, 0.2) is 0 Å². The summed E-state index contributed by atoms with van der Waals surface area (Å²) in [6.45, 7) is 1.50. The normalized spacial score (nSPS) is 18.1. The van der Waals surface area contributed by atoms with Gasteiger partial charge in [-0.05, 0) is 25.3 Å². The molecule has 0 aromatic carbocycles. The third kappa shape index (κ3) is 4.09. The van der Waals surface area contributed by atoms with E-state index in [0.717, 1.165) is 12.5 Å². The molecule has 14 heavy (non-hydrogen) atoms. The van der Waals surface area contributed by atoms with Gasteiger partial charge in [0.05, 0.1) is 6.54 Å². The second kappa shape index (κ2) is 6.02. The fourth-order valence-corrected chi connectivity index (χ4v) is 1.93. The fraction of sp³-hybridized carbons (Fsp3) is 0.909. The number of rotatable bonds is 4. The number of nitrogens with one attached hydrogen (secondary N) is 1. The van der Waals surface area contributed by atoms with Crippen molar-refractivity contribution in [2.24, 2.45) is 5.92 Å². The second-order valence-electron chi connectivity index (χ2n) is 4.42. The summed E-state index contributed by atoms with van der Waals surface area (Å²) in [6, 6.07) is 0. The van der Waals surface area contributed by atoms with Gasteiger partial charge >= 0.3 is 0 Å². The highest BCUT2D eigenvalue weighted by atomic mass is 16.2. The minimum Gasteiger partial charge on any atom is -0.348 e. The second-order valence-corrected chi connectivity index (χ2v) is 4.42. The zero-order chi connectivity index (χ0) is 10.4. The first-order valence-electron chi connectivity index (χ1n) is 5.61. The van der Waals surface area contributed by atoms with Crippen LogP contribution in [0.5, 0.6) is 0 Å². The SMILES string of the molecule is CN(C)C(=O)CNCC1CCCCC1. The van der Waals surface area contributed by atoms with Crippen LogP contribution in [-0.2, 0) is 4.79 Å². The summed E-state index contributed by atoms with van der Waals surface area (Å²) in [5.41, 5.74) is 0. The van der Waals surface area contributed by atoms with E-state index in [9.17, 15) is 4.79 Å². The van der Waals surface area contributed by atoms with E-state index in [1.807, 2.05) is 0 Å². The average molecular weight is 198 g/mol. The third-order valence-electron chi connectivity index (χ3n) is 2.93. The minimum absolute atomic E-state index is 0.167. The van der Waals surface area contributed by atoms with Crippen LogP contribution in [0.4, 0.5) is 0 Å². The molecule has 0 aliphatic heterocycles. The number of amides is 1. The van der Waals surface area contributed by atoms with Crippen molar-refractivity contribution < 1.29 is 4.79 Å². The summed E-state index contributed by atoms with van der Waals surface area (Å²) in [5, 5.41) is 3.24. The molecule has 1 saturated carbocycles. The van der Waals surface area contributed by atoms with Crippen LogP contribution < -0.4 is 5.32 Å². The zero-order valence-corrected chi connectivity index (χ0v) is 9.38. The molecule has 0 radical (unpaired) electrons. The van der Waals surface area contributed by atoms with E-state index in [1.165, 1.54) is 32.1 Å². The van der Waals surface area contributed by atoms with E-state index in [2.05, 4.69) is 5.32 Å². The maximum absolute atomic E-state index is 11.2. The van der Waals surface area contributed by atoms with Crippen molar-refractivity contribution in [3.8, 4) is 0 Å². The van der Waals surface area contributed by atoms with E-state index < -0.39 is 0 Å². The first-order chi connectivity index (χ1) is 6.70. The molecule has 1 rings (SSSR count). The molecule has 1 aliphatic rings. The highest BCUT2D eigenvalue weighted by molar-refractivity contribution is 5.77. The molecule has 1 aliphatic carbocycles. The Morgan fingerprint density at radius 3 is 2.50 bits per heavy atom. The van der Waals surface area contributed by atoms with Crippen LogP contribution in [-0.4, -0.2) is 38.0 Å². The quantitative estimate of drug-likeness (QED) is 0.737. The van der Waals surface area contributed by atoms with Crippen LogP contribution in [0.2, 0.25) is 0 Å². The van der Waals surface area contributed by atoms with Gasteiger partial charge in [-0.25, -0.2) is 0 Å². The van der Waals surface area contributed by atoms with E-state index in [-0.39, 0.29) is 5.91 Å². The Morgan fingerprint density at radius 2 is 1.93 bits per heavy atom. The predicted octanol–water partition coefficient (Wildman–Crippen LogP) is 1.24. The molecule has 3 nitrogen and oxygen atoms in total. The maximum atomic E-state index is 11.2. The number of nitrogens with zero attached hydrogens (tertiary/aromatic N) is 1. The van der Waals surface area contributed by atoms with Gasteiger partial charge in [0.2, 0.25) is 5.91 Å². The van der Waals surface area contributed by atoms with Crippen LogP contribution in [0.15, 0.2) is 0 Å². The number of hydrogen-bond donors (Lipinski definition) is 1. The Morgan fingerprint density at radius 1 is 1.29 bits per heavy atom. The molecule has 0 aromatic rings. The fourth-order valence-electron chi connectivity index (χ4n) is 1.93. The summed E-state index contributed by atoms with van der Waals surface area (Å²) in [5.74, 6) is 0.972. The lowest BCUT2D eigenvalue weighted by molar-refractivity contribution is -0.127. The highest BCUT2D eigenvalue weighted by Crippen LogP contribution is 2.22. The van der Waals surface area contributed by atoms with E-state index >= 15 is 0 Å². The monoisotopic (exact) mass is 198 g/mol. The van der Waals surface area contributed by atoms with Gasteiger partial charge in [-0.15, -0.1) is 0 Å². The van der Waals surface area contributed by atoms with Crippen molar-refractivity contribution in [1.82, 2.24) is 10.2 Å². The Hall–Kier alpha value is -0.570. The first-order valence-corrected chi connectivity index (χ1v) is 5.61. The van der Waals surface area contributed by atoms with Gasteiger partial charge in [0.1, 0.15) is 0 Å². The molecule has 1 N–H and O–H groups in total. The minimum atomic E-state index is 0.167. The van der Waals surface area contributed by atoms with Crippen molar-refractivity contribution in [3.05, 3.63) is 0 Å². The summed E-state index contributed by atoms with van der Waals surface area (Å²) in [4.78, 5) is 12.9. The summed E-state index contributed by atoms with van der Waals surface area (Å²) < 4.78 is 0. The van der Waals surface area contributed by atoms with Gasteiger partial charge in [-0.2, -0.15) is 0 Å². The summed E-state index contributed by atoms with van der Waals surface area (Å²) >= 11 is 0. The molecule has 0 saturated heterocycles. The Balaban J connectivity index is 2.05. The molecule has 0 aromatic heterocycles. The number of likely N-dealkylation sites (N-methyl/N-ethyl adjacent to an activating group) is 1. The molecule has 3 heteroatoms. The van der Waals surface area contributed by atoms with Crippen LogP contribution in [0, 0.1) is 5.92 Å². The molecule has 1 fully saturated rings. The predicted molar refractivity (Wildman–Crippen MR) is 58.1 cm³/mol. The number of carbonyl (C=O) groups is 1. The van der Waals surface area contributed by atoms with Crippen molar-refractivity contribution in [2.75, 3.05) is 27.2 Å². The molecule has 0 spiro atoms. The number of carbonyl (C=O) groups excluding carboxylic acids is 1. The van der Waals surface area contributed by atoms with Crippen LogP contribution in [0.3, 0.4) is 0 Å². The van der Waals surface area contributed by atoms with Crippen molar-refractivity contribution >= 4 is 5.91 Å². The van der Waals surface area contributed by atoms with Gasteiger partial charge in [-0.1, -0.05) is 19.3 Å². The van der Waals surface area contributed by atoms with Crippen molar-refractivity contribution in [1.29, 1.82) is 0 Å². The Kier molecular flexibility index (Phi) is 4.94. The molecule has 0 atom stereocenters. The lowest BCUT2D eigenvalue weighted by atomic mass is 9.89. The van der Waals surface area contributed by atoms with Gasteiger partial charge in [0, 0.05) is 14.1 Å². The Bertz CT molecular complexity index is 174. The van der Waals surface area contributed by atoms with Crippen molar-refractivity contribution in [3.63, 3.8) is 0 Å². The third-order valence-corrected chi connectivity index (χ3v) is 2.93. The smallest absolute Gasteiger partial charge is 0.236 e. The molecule has 1 amide bonds. The van der Waals surface area contributed by atoms with E-state index in [1.54, 1.807) is 19.0 Å². The lowest BCUT2D eigenvalue weighted by Crippen LogP contribution is -2.35. The Labute approximate surface area is 86.9 Å². The van der Waals surface area contributed by atoms with Gasteiger partial charge < -0.3 is 10.2 Å². The molecular weight excluding hydrogens is 176 g/mol. The molecule has 0 heterocycles. The van der Waals surface area contributed by atoms with Gasteiger partial charge in [-0.3, -0.25) is 4.79 Å². The summed E-state index contributed by atoms with van der Waals surface area (Å²) in [7, 11) is 3.59. The van der Waals surface area contributed by atoms with Crippen LogP contribution in [0.25, 0.3) is 0 Å². The topological polar surface area (TPSA) is 32.3 Å². The molecular formula is C11H22N2O. The molecule has 0 unspecified atom stereocenters. The standard InChI is InChI=1S/C11H22N2O/c1-13(2)11(14)9-12-8-10-6-4-3-5-7-10/h10,12H,3-9H2,1-2H3. The highest BCUT2D eigenvalue weighted by Gasteiger charge is 2.13.